The molecule has 1 aliphatic carbocycles. The van der Waals surface area contributed by atoms with Crippen molar-refractivity contribution in [1.82, 2.24) is 15.4 Å². The lowest BCUT2D eigenvalue weighted by Crippen LogP contribution is -2.45. The van der Waals surface area contributed by atoms with Crippen LogP contribution in [0.1, 0.15) is 59.8 Å². The zero-order chi connectivity index (χ0) is 18.0. The van der Waals surface area contributed by atoms with E-state index in [0.717, 1.165) is 24.3 Å². The number of hydrogen-bond acceptors (Lipinski definition) is 3. The molecule has 0 atom stereocenters. The maximum Gasteiger partial charge on any atom is 0.211 e. The lowest BCUT2D eigenvalue weighted by Gasteiger charge is -2.32. The predicted molar refractivity (Wildman–Crippen MR) is 117 cm³/mol. The number of hydrogen-bond donors (Lipinski definition) is 3. The Bertz CT molecular complexity index is 475. The maximum absolute atomic E-state index is 11.4. The van der Waals surface area contributed by atoms with Gasteiger partial charge in [-0.05, 0) is 57.8 Å². The van der Waals surface area contributed by atoms with Gasteiger partial charge in [0.25, 0.3) is 0 Å². The molecular formula is C17H37IN4O2S. The Kier molecular flexibility index (Phi) is 13.1. The molecule has 3 N–H and O–H groups in total. The van der Waals surface area contributed by atoms with Gasteiger partial charge in [0.1, 0.15) is 0 Å². The molecule has 1 saturated carbocycles. The van der Waals surface area contributed by atoms with Crippen molar-refractivity contribution in [3.8, 4) is 0 Å². The SMILES string of the molecule is CCNC(=NCCCNS(=O)(=O)CC)NC1CCC(C(C)C)CC1.I. The summed E-state index contributed by atoms with van der Waals surface area (Å²) < 4.78 is 25.3. The third-order valence-electron chi connectivity index (χ3n) is 4.71. The van der Waals surface area contributed by atoms with Gasteiger partial charge in [0.15, 0.2) is 5.96 Å². The average molecular weight is 488 g/mol. The van der Waals surface area contributed by atoms with Crippen molar-refractivity contribution in [3.63, 3.8) is 0 Å². The molecule has 0 radical (unpaired) electrons. The van der Waals surface area contributed by atoms with E-state index in [1.807, 2.05) is 0 Å². The number of nitrogens with one attached hydrogen (secondary N) is 3. The van der Waals surface area contributed by atoms with E-state index in [1.165, 1.54) is 25.7 Å². The van der Waals surface area contributed by atoms with Crippen LogP contribution in [-0.2, 0) is 10.0 Å². The van der Waals surface area contributed by atoms with E-state index >= 15 is 0 Å². The Hall–Kier alpha value is -0.0900. The highest BCUT2D eigenvalue weighted by atomic mass is 127. The van der Waals surface area contributed by atoms with Crippen LogP contribution in [-0.4, -0.2) is 45.8 Å². The third-order valence-corrected chi connectivity index (χ3v) is 6.11. The summed E-state index contributed by atoms with van der Waals surface area (Å²) in [5.74, 6) is 2.61. The lowest BCUT2D eigenvalue weighted by molar-refractivity contribution is 0.250. The van der Waals surface area contributed by atoms with Crippen LogP contribution in [0.25, 0.3) is 0 Å². The van der Waals surface area contributed by atoms with Gasteiger partial charge in [-0.15, -0.1) is 24.0 Å². The van der Waals surface area contributed by atoms with Crippen LogP contribution in [0.2, 0.25) is 0 Å². The van der Waals surface area contributed by atoms with Crippen molar-refractivity contribution in [3.05, 3.63) is 0 Å². The lowest BCUT2D eigenvalue weighted by atomic mass is 9.80. The molecule has 1 aliphatic rings. The Morgan fingerprint density at radius 1 is 1.16 bits per heavy atom. The van der Waals surface area contributed by atoms with Gasteiger partial charge in [-0.3, -0.25) is 4.99 Å². The van der Waals surface area contributed by atoms with Crippen molar-refractivity contribution in [1.29, 1.82) is 0 Å². The van der Waals surface area contributed by atoms with Crippen molar-refractivity contribution < 1.29 is 8.42 Å². The van der Waals surface area contributed by atoms with Crippen LogP contribution in [0.5, 0.6) is 0 Å². The first-order chi connectivity index (χ1) is 11.4. The molecule has 0 saturated heterocycles. The highest BCUT2D eigenvalue weighted by Crippen LogP contribution is 2.29. The van der Waals surface area contributed by atoms with Crippen LogP contribution in [0.15, 0.2) is 4.99 Å². The zero-order valence-electron chi connectivity index (χ0n) is 16.2. The summed E-state index contributed by atoms with van der Waals surface area (Å²) in [6, 6.07) is 0.497. The van der Waals surface area contributed by atoms with E-state index in [4.69, 9.17) is 0 Å². The smallest absolute Gasteiger partial charge is 0.211 e. The van der Waals surface area contributed by atoms with Crippen LogP contribution < -0.4 is 15.4 Å². The largest absolute Gasteiger partial charge is 0.357 e. The molecule has 0 aromatic rings. The number of sulfonamides is 1. The molecule has 0 unspecified atom stereocenters. The van der Waals surface area contributed by atoms with Gasteiger partial charge in [-0.25, -0.2) is 13.1 Å². The van der Waals surface area contributed by atoms with Crippen molar-refractivity contribution in [2.24, 2.45) is 16.8 Å². The number of rotatable bonds is 9. The highest BCUT2D eigenvalue weighted by molar-refractivity contribution is 14.0. The summed E-state index contributed by atoms with van der Waals surface area (Å²) >= 11 is 0. The number of halogens is 1. The van der Waals surface area contributed by atoms with E-state index in [2.05, 4.69) is 41.1 Å². The molecule has 150 valence electrons. The summed E-state index contributed by atoms with van der Waals surface area (Å²) in [7, 11) is -3.10. The molecule has 0 aromatic heterocycles. The number of guanidine groups is 1. The molecule has 0 aromatic carbocycles. The number of aliphatic imine (C=N–C) groups is 1. The van der Waals surface area contributed by atoms with Crippen molar-refractivity contribution >= 4 is 40.0 Å². The number of nitrogens with zero attached hydrogens (tertiary/aromatic N) is 1. The second kappa shape index (κ2) is 13.1. The van der Waals surface area contributed by atoms with Gasteiger partial charge in [0.05, 0.1) is 5.75 Å². The summed E-state index contributed by atoms with van der Waals surface area (Å²) in [6.07, 6.45) is 5.67. The van der Waals surface area contributed by atoms with Gasteiger partial charge < -0.3 is 10.6 Å². The fraction of sp³-hybridized carbons (Fsp3) is 0.941. The molecule has 1 rings (SSSR count). The highest BCUT2D eigenvalue weighted by Gasteiger charge is 2.23. The summed E-state index contributed by atoms with van der Waals surface area (Å²) in [5, 5.41) is 6.82. The minimum Gasteiger partial charge on any atom is -0.357 e. The van der Waals surface area contributed by atoms with Crippen LogP contribution >= 0.6 is 24.0 Å². The van der Waals surface area contributed by atoms with Crippen LogP contribution in [0.4, 0.5) is 0 Å². The second-order valence-corrected chi connectivity index (χ2v) is 9.01. The minimum absolute atomic E-state index is 0. The monoisotopic (exact) mass is 488 g/mol. The second-order valence-electron chi connectivity index (χ2n) is 6.91. The molecular weight excluding hydrogens is 451 g/mol. The van der Waals surface area contributed by atoms with E-state index in [0.29, 0.717) is 25.6 Å². The van der Waals surface area contributed by atoms with Crippen LogP contribution in [0, 0.1) is 11.8 Å². The van der Waals surface area contributed by atoms with Gasteiger partial charge >= 0.3 is 0 Å². The molecule has 0 spiro atoms. The first-order valence-corrected chi connectivity index (χ1v) is 11.0. The van der Waals surface area contributed by atoms with Crippen molar-refractivity contribution in [2.75, 3.05) is 25.4 Å². The maximum atomic E-state index is 11.4. The Labute approximate surface area is 171 Å². The van der Waals surface area contributed by atoms with Gasteiger partial charge in [0, 0.05) is 25.7 Å². The zero-order valence-corrected chi connectivity index (χ0v) is 19.3. The van der Waals surface area contributed by atoms with E-state index < -0.39 is 10.0 Å². The van der Waals surface area contributed by atoms with Gasteiger partial charge in [-0.1, -0.05) is 13.8 Å². The molecule has 0 amide bonds. The summed E-state index contributed by atoms with van der Waals surface area (Å²) in [4.78, 5) is 4.57. The van der Waals surface area contributed by atoms with Crippen LogP contribution in [0.3, 0.4) is 0 Å². The molecule has 0 bridgehead atoms. The third kappa shape index (κ3) is 10.6. The normalized spacial score (nSPS) is 21.7. The summed E-state index contributed by atoms with van der Waals surface area (Å²) in [6.45, 7) is 10.2. The van der Waals surface area contributed by atoms with E-state index in [9.17, 15) is 8.42 Å². The molecule has 0 heterocycles. The van der Waals surface area contributed by atoms with Gasteiger partial charge in [0.2, 0.25) is 10.0 Å². The minimum atomic E-state index is -3.10. The predicted octanol–water partition coefficient (Wildman–Crippen LogP) is 2.70. The fourth-order valence-corrected chi connectivity index (χ4v) is 3.70. The average Bonchev–Trinajstić information content (AvgIpc) is 2.55. The Morgan fingerprint density at radius 2 is 1.80 bits per heavy atom. The first-order valence-electron chi connectivity index (χ1n) is 9.40. The molecule has 0 aliphatic heterocycles. The first kappa shape index (κ1) is 24.9. The standard InChI is InChI=1S/C17H36N4O2S.HI/c1-5-18-17(19-12-7-13-20-24(22,23)6-2)21-16-10-8-15(9-11-16)14(3)4;/h14-16,20H,5-13H2,1-4H3,(H2,18,19,21);1H. The Morgan fingerprint density at radius 3 is 2.32 bits per heavy atom. The topological polar surface area (TPSA) is 82.6 Å². The molecule has 8 heteroatoms. The molecule has 6 nitrogen and oxygen atoms in total. The molecule has 1 fully saturated rings. The van der Waals surface area contributed by atoms with Crippen molar-refractivity contribution in [2.45, 2.75) is 65.8 Å². The van der Waals surface area contributed by atoms with E-state index in [1.54, 1.807) is 6.92 Å². The fourth-order valence-electron chi connectivity index (χ4n) is 3.04. The van der Waals surface area contributed by atoms with Gasteiger partial charge in [-0.2, -0.15) is 0 Å². The van der Waals surface area contributed by atoms with E-state index in [-0.39, 0.29) is 29.7 Å². The summed E-state index contributed by atoms with van der Waals surface area (Å²) in [5.41, 5.74) is 0. The molecule has 25 heavy (non-hydrogen) atoms. The quantitative estimate of drug-likeness (QED) is 0.202. The Balaban J connectivity index is 0.00000576.